The molecule has 1 amide bonds. The molecule has 0 heterocycles. The third-order valence-electron chi connectivity index (χ3n) is 3.98. The number of hydrogen-bond donors (Lipinski definition) is 0. The van der Waals surface area contributed by atoms with Crippen molar-refractivity contribution in [3.8, 4) is 0 Å². The average molecular weight is 333 g/mol. The minimum atomic E-state index is -0.963. The highest BCUT2D eigenvalue weighted by molar-refractivity contribution is 5.97. The molecule has 0 bridgehead atoms. The second kappa shape index (κ2) is 7.18. The molecular weight excluding hydrogens is 314 g/mol. The predicted molar refractivity (Wildman–Crippen MR) is 97.2 cm³/mol. The van der Waals surface area contributed by atoms with Gasteiger partial charge in [0.15, 0.2) is 0 Å². The van der Waals surface area contributed by atoms with Crippen LogP contribution < -0.4 is 0 Å². The second-order valence-electron chi connectivity index (χ2n) is 5.99. The van der Waals surface area contributed by atoms with E-state index in [1.54, 1.807) is 38.4 Å². The summed E-state index contributed by atoms with van der Waals surface area (Å²) in [6, 6.07) is 22.2. The number of nitrogens with zero attached hydrogens (tertiary/aromatic N) is 1. The first-order valence-corrected chi connectivity index (χ1v) is 8.02. The van der Waals surface area contributed by atoms with Crippen molar-refractivity contribution in [3.63, 3.8) is 0 Å². The molecule has 0 aromatic heterocycles. The zero-order valence-corrected chi connectivity index (χ0v) is 14.2. The van der Waals surface area contributed by atoms with E-state index >= 15 is 0 Å². The summed E-state index contributed by atoms with van der Waals surface area (Å²) in [5.74, 6) is -0.796. The molecule has 0 aliphatic carbocycles. The predicted octanol–water partition coefficient (Wildman–Crippen LogP) is 3.83. The van der Waals surface area contributed by atoms with Crippen LogP contribution in [0.15, 0.2) is 72.8 Å². The number of esters is 1. The molecular formula is C21H19NO3. The minimum Gasteiger partial charge on any atom is -0.444 e. The summed E-state index contributed by atoms with van der Waals surface area (Å²) >= 11 is 0. The Balaban J connectivity index is 1.90. The SMILES string of the molecule is CN(C)C(=O)C(OC(=O)c1ccc2ccccc2c1)c1ccccc1. The van der Waals surface area contributed by atoms with Gasteiger partial charge in [-0.1, -0.05) is 60.7 Å². The number of hydrogen-bond acceptors (Lipinski definition) is 3. The molecule has 1 unspecified atom stereocenters. The number of carbonyl (C=O) groups excluding carboxylic acids is 2. The lowest BCUT2D eigenvalue weighted by Crippen LogP contribution is -2.31. The molecule has 3 aromatic rings. The fourth-order valence-electron chi connectivity index (χ4n) is 2.61. The molecule has 0 N–H and O–H groups in total. The maximum absolute atomic E-state index is 12.6. The van der Waals surface area contributed by atoms with Crippen molar-refractivity contribution in [2.75, 3.05) is 14.1 Å². The van der Waals surface area contributed by atoms with E-state index in [-0.39, 0.29) is 5.91 Å². The Labute approximate surface area is 146 Å². The van der Waals surface area contributed by atoms with Crippen LogP contribution in [0.25, 0.3) is 10.8 Å². The average Bonchev–Trinajstić information content (AvgIpc) is 2.65. The van der Waals surface area contributed by atoms with Gasteiger partial charge in [-0.15, -0.1) is 0 Å². The molecule has 3 aromatic carbocycles. The smallest absolute Gasteiger partial charge is 0.339 e. The zero-order chi connectivity index (χ0) is 17.8. The minimum absolute atomic E-state index is 0.277. The largest absolute Gasteiger partial charge is 0.444 e. The Morgan fingerprint density at radius 2 is 1.48 bits per heavy atom. The van der Waals surface area contributed by atoms with Crippen molar-refractivity contribution in [3.05, 3.63) is 83.9 Å². The van der Waals surface area contributed by atoms with E-state index in [4.69, 9.17) is 4.74 Å². The van der Waals surface area contributed by atoms with Crippen molar-refractivity contribution in [2.45, 2.75) is 6.10 Å². The van der Waals surface area contributed by atoms with E-state index in [0.717, 1.165) is 10.8 Å². The van der Waals surface area contributed by atoms with E-state index in [2.05, 4.69) is 0 Å². The molecule has 0 spiro atoms. The first-order chi connectivity index (χ1) is 12.1. The van der Waals surface area contributed by atoms with Crippen LogP contribution in [0.3, 0.4) is 0 Å². The van der Waals surface area contributed by atoms with Crippen LogP contribution in [0.4, 0.5) is 0 Å². The van der Waals surface area contributed by atoms with Gasteiger partial charge in [0, 0.05) is 19.7 Å². The maximum Gasteiger partial charge on any atom is 0.339 e. The Hall–Kier alpha value is -3.14. The first kappa shape index (κ1) is 16.7. The highest BCUT2D eigenvalue weighted by Gasteiger charge is 2.27. The molecule has 0 saturated carbocycles. The Morgan fingerprint density at radius 3 is 2.16 bits per heavy atom. The fraction of sp³-hybridized carbons (Fsp3) is 0.143. The molecule has 126 valence electrons. The summed E-state index contributed by atoms with van der Waals surface area (Å²) in [7, 11) is 3.28. The summed E-state index contributed by atoms with van der Waals surface area (Å²) < 4.78 is 5.56. The van der Waals surface area contributed by atoms with Gasteiger partial charge in [0.2, 0.25) is 6.10 Å². The van der Waals surface area contributed by atoms with E-state index in [1.165, 1.54) is 4.90 Å². The van der Waals surface area contributed by atoms with Gasteiger partial charge in [0.05, 0.1) is 5.56 Å². The summed E-state index contributed by atoms with van der Waals surface area (Å²) in [5.41, 5.74) is 1.07. The van der Waals surface area contributed by atoms with Crippen LogP contribution in [-0.2, 0) is 9.53 Å². The van der Waals surface area contributed by atoms with Crippen molar-refractivity contribution >= 4 is 22.6 Å². The lowest BCUT2D eigenvalue weighted by molar-refractivity contribution is -0.138. The number of amides is 1. The molecule has 3 rings (SSSR count). The van der Waals surface area contributed by atoms with Gasteiger partial charge in [-0.25, -0.2) is 4.79 Å². The van der Waals surface area contributed by atoms with Crippen molar-refractivity contribution in [1.29, 1.82) is 0 Å². The topological polar surface area (TPSA) is 46.6 Å². The summed E-state index contributed by atoms with van der Waals surface area (Å²) in [5, 5.41) is 2.00. The normalized spacial score (nSPS) is 11.8. The third kappa shape index (κ3) is 3.69. The molecule has 0 aliphatic rings. The van der Waals surface area contributed by atoms with Crippen molar-refractivity contribution in [2.24, 2.45) is 0 Å². The lowest BCUT2D eigenvalue weighted by Gasteiger charge is -2.21. The molecule has 1 atom stereocenters. The van der Waals surface area contributed by atoms with Crippen LogP contribution in [0, 0.1) is 0 Å². The highest BCUT2D eigenvalue weighted by atomic mass is 16.5. The van der Waals surface area contributed by atoms with Gasteiger partial charge in [0.25, 0.3) is 5.91 Å². The standard InChI is InChI=1S/C21H19NO3/c1-22(2)20(23)19(16-9-4-3-5-10-16)25-21(24)18-13-12-15-8-6-7-11-17(15)14-18/h3-14,19H,1-2H3. The maximum atomic E-state index is 12.6. The summed E-state index contributed by atoms with van der Waals surface area (Å²) in [4.78, 5) is 26.5. The number of fused-ring (bicyclic) bond motifs is 1. The number of rotatable bonds is 4. The van der Waals surface area contributed by atoms with Gasteiger partial charge in [0.1, 0.15) is 0 Å². The molecule has 25 heavy (non-hydrogen) atoms. The molecule has 0 aliphatic heterocycles. The highest BCUT2D eigenvalue weighted by Crippen LogP contribution is 2.23. The van der Waals surface area contributed by atoms with E-state index in [1.807, 2.05) is 48.5 Å². The lowest BCUT2D eigenvalue weighted by atomic mass is 10.1. The number of benzene rings is 3. The zero-order valence-electron chi connectivity index (χ0n) is 14.2. The van der Waals surface area contributed by atoms with Gasteiger partial charge >= 0.3 is 5.97 Å². The monoisotopic (exact) mass is 333 g/mol. The second-order valence-corrected chi connectivity index (χ2v) is 5.99. The van der Waals surface area contributed by atoms with E-state index < -0.39 is 12.1 Å². The van der Waals surface area contributed by atoms with Crippen LogP contribution in [0.2, 0.25) is 0 Å². The first-order valence-electron chi connectivity index (χ1n) is 8.02. The van der Waals surface area contributed by atoms with Gasteiger partial charge in [-0.3, -0.25) is 4.79 Å². The quantitative estimate of drug-likeness (QED) is 0.682. The molecule has 4 nitrogen and oxygen atoms in total. The number of likely N-dealkylation sites (N-methyl/N-ethyl adjacent to an activating group) is 1. The van der Waals surface area contributed by atoms with E-state index in [9.17, 15) is 9.59 Å². The summed E-state index contributed by atoms with van der Waals surface area (Å²) in [6.07, 6.45) is -0.963. The third-order valence-corrected chi connectivity index (χ3v) is 3.98. The van der Waals surface area contributed by atoms with Crippen LogP contribution >= 0.6 is 0 Å². The van der Waals surface area contributed by atoms with Crippen molar-refractivity contribution < 1.29 is 14.3 Å². The molecule has 0 saturated heterocycles. The molecule has 4 heteroatoms. The molecule has 0 fully saturated rings. The number of carbonyl (C=O) groups is 2. The fourth-order valence-corrected chi connectivity index (χ4v) is 2.61. The Morgan fingerprint density at radius 1 is 0.840 bits per heavy atom. The van der Waals surface area contributed by atoms with Crippen LogP contribution in [-0.4, -0.2) is 30.9 Å². The van der Waals surface area contributed by atoms with Crippen LogP contribution in [0.5, 0.6) is 0 Å². The Kier molecular flexibility index (Phi) is 4.80. The number of ether oxygens (including phenoxy) is 1. The van der Waals surface area contributed by atoms with E-state index in [0.29, 0.717) is 11.1 Å². The van der Waals surface area contributed by atoms with Crippen LogP contribution in [0.1, 0.15) is 22.0 Å². The van der Waals surface area contributed by atoms with Gasteiger partial charge in [-0.05, 0) is 22.9 Å². The molecule has 0 radical (unpaired) electrons. The van der Waals surface area contributed by atoms with Gasteiger partial charge < -0.3 is 9.64 Å². The summed E-state index contributed by atoms with van der Waals surface area (Å²) in [6.45, 7) is 0. The van der Waals surface area contributed by atoms with Gasteiger partial charge in [-0.2, -0.15) is 0 Å². The Bertz CT molecular complexity index is 903. The van der Waals surface area contributed by atoms with Crippen molar-refractivity contribution in [1.82, 2.24) is 4.90 Å².